The van der Waals surface area contributed by atoms with Crippen molar-refractivity contribution in [3.05, 3.63) is 126 Å². The molecule has 4 aromatic carbocycles. The van der Waals surface area contributed by atoms with Gasteiger partial charge in [0.1, 0.15) is 0 Å². The van der Waals surface area contributed by atoms with Gasteiger partial charge in [-0.15, -0.1) is 0 Å². The summed E-state index contributed by atoms with van der Waals surface area (Å²) in [4.78, 5) is 0. The van der Waals surface area contributed by atoms with Crippen molar-refractivity contribution in [1.29, 1.82) is 0 Å². The third kappa shape index (κ3) is 2.98. The highest BCUT2D eigenvalue weighted by Crippen LogP contribution is 2.49. The first-order valence-electron chi connectivity index (χ1n) is 9.69. The van der Waals surface area contributed by atoms with Crippen molar-refractivity contribution in [1.82, 2.24) is 0 Å². The van der Waals surface area contributed by atoms with Crippen molar-refractivity contribution in [2.45, 2.75) is 18.3 Å². The molecule has 0 aliphatic heterocycles. The molecule has 0 heteroatoms. The Balaban J connectivity index is 1.66. The summed E-state index contributed by atoms with van der Waals surface area (Å²) in [6.07, 6.45) is 3.59. The summed E-state index contributed by atoms with van der Waals surface area (Å²) in [5.41, 5.74) is 5.68. The van der Waals surface area contributed by atoms with E-state index in [9.17, 15) is 0 Å². The fourth-order valence-corrected chi connectivity index (χ4v) is 4.50. The Bertz CT molecular complexity index is 1090. The molecular formula is C27H22. The van der Waals surface area contributed by atoms with Gasteiger partial charge in [0.25, 0.3) is 0 Å². The van der Waals surface area contributed by atoms with Gasteiger partial charge < -0.3 is 0 Å². The highest BCUT2D eigenvalue weighted by Gasteiger charge is 2.31. The molecule has 0 radical (unpaired) electrons. The Morgan fingerprint density at radius 3 is 2.07 bits per heavy atom. The smallest absolute Gasteiger partial charge is 0.0102 e. The van der Waals surface area contributed by atoms with Crippen molar-refractivity contribution in [2.24, 2.45) is 0 Å². The number of fused-ring (bicyclic) bond motifs is 1. The van der Waals surface area contributed by atoms with E-state index >= 15 is 0 Å². The minimum absolute atomic E-state index is 0.397. The lowest BCUT2D eigenvalue weighted by Gasteiger charge is -2.22. The summed E-state index contributed by atoms with van der Waals surface area (Å²) in [5.74, 6) is 0.876. The Hall–Kier alpha value is -3.12. The van der Waals surface area contributed by atoms with Gasteiger partial charge in [0.2, 0.25) is 0 Å². The fourth-order valence-electron chi connectivity index (χ4n) is 4.50. The lowest BCUT2D eigenvalue weighted by Crippen LogP contribution is -2.05. The van der Waals surface area contributed by atoms with Gasteiger partial charge in [-0.1, -0.05) is 109 Å². The van der Waals surface area contributed by atoms with Crippen LogP contribution in [0.25, 0.3) is 16.3 Å². The number of benzene rings is 4. The lowest BCUT2D eigenvalue weighted by molar-refractivity contribution is 0.672. The first kappa shape index (κ1) is 16.1. The average Bonchev–Trinajstić information content (AvgIpc) is 3.20. The van der Waals surface area contributed by atoms with Crippen molar-refractivity contribution in [3.8, 4) is 0 Å². The second-order valence-corrected chi connectivity index (χ2v) is 7.37. The average molecular weight is 346 g/mol. The minimum Gasteiger partial charge on any atom is -0.0725 e. The molecule has 1 aliphatic rings. The highest BCUT2D eigenvalue weighted by molar-refractivity contribution is 5.87. The van der Waals surface area contributed by atoms with Gasteiger partial charge in [-0.2, -0.15) is 0 Å². The van der Waals surface area contributed by atoms with Gasteiger partial charge in [0.05, 0.1) is 0 Å². The van der Waals surface area contributed by atoms with E-state index in [1.54, 1.807) is 0 Å². The molecule has 0 N–H and O–H groups in total. The van der Waals surface area contributed by atoms with Crippen LogP contribution in [-0.4, -0.2) is 0 Å². The zero-order chi connectivity index (χ0) is 18.1. The maximum atomic E-state index is 2.51. The van der Waals surface area contributed by atoms with Crippen molar-refractivity contribution < 1.29 is 0 Å². The summed E-state index contributed by atoms with van der Waals surface area (Å²) >= 11 is 0. The van der Waals surface area contributed by atoms with Gasteiger partial charge in [-0.3, -0.25) is 0 Å². The molecule has 0 saturated heterocycles. The van der Waals surface area contributed by atoms with E-state index in [0.29, 0.717) is 11.8 Å². The quantitative estimate of drug-likeness (QED) is 0.368. The SMILES string of the molecule is C1=C(c2ccccc2)CC(c2ccccc2)C1c1cccc2ccccc12. The van der Waals surface area contributed by atoms with Gasteiger partial charge in [-0.05, 0) is 45.4 Å². The molecule has 5 rings (SSSR count). The third-order valence-corrected chi connectivity index (χ3v) is 5.81. The first-order valence-corrected chi connectivity index (χ1v) is 9.69. The molecule has 0 amide bonds. The molecule has 0 nitrogen and oxygen atoms in total. The number of hydrogen-bond donors (Lipinski definition) is 0. The third-order valence-electron chi connectivity index (χ3n) is 5.81. The number of allylic oxidation sites excluding steroid dienone is 2. The van der Waals surface area contributed by atoms with E-state index in [4.69, 9.17) is 0 Å². The van der Waals surface area contributed by atoms with Crippen molar-refractivity contribution in [2.75, 3.05) is 0 Å². The molecule has 2 unspecified atom stereocenters. The topological polar surface area (TPSA) is 0 Å². The standard InChI is InChI=1S/C27H22/c1-3-10-20(11-4-1)23-18-26(22-12-5-2-6-13-22)27(19-23)25-17-9-15-21-14-7-8-16-24(21)25/h1-17,19,26-27H,18H2. The van der Waals surface area contributed by atoms with Crippen LogP contribution in [-0.2, 0) is 0 Å². The van der Waals surface area contributed by atoms with Gasteiger partial charge in [0.15, 0.2) is 0 Å². The van der Waals surface area contributed by atoms with E-state index in [0.717, 1.165) is 6.42 Å². The van der Waals surface area contributed by atoms with Crippen molar-refractivity contribution >= 4 is 16.3 Å². The van der Waals surface area contributed by atoms with Crippen LogP contribution in [0.15, 0.2) is 109 Å². The second-order valence-electron chi connectivity index (χ2n) is 7.37. The zero-order valence-corrected chi connectivity index (χ0v) is 15.3. The van der Waals surface area contributed by atoms with E-state index in [1.807, 2.05) is 0 Å². The molecule has 130 valence electrons. The molecule has 27 heavy (non-hydrogen) atoms. The van der Waals surface area contributed by atoms with E-state index < -0.39 is 0 Å². The maximum absolute atomic E-state index is 2.51. The summed E-state index contributed by atoms with van der Waals surface area (Å²) in [5, 5.41) is 2.69. The summed E-state index contributed by atoms with van der Waals surface area (Å²) in [7, 11) is 0. The predicted octanol–water partition coefficient (Wildman–Crippen LogP) is 7.19. The van der Waals surface area contributed by atoms with Crippen LogP contribution in [0.1, 0.15) is 34.9 Å². The van der Waals surface area contributed by atoms with Crippen LogP contribution in [0, 0.1) is 0 Å². The molecule has 0 heterocycles. The molecule has 2 atom stereocenters. The minimum atomic E-state index is 0.397. The maximum Gasteiger partial charge on any atom is 0.0102 e. The van der Waals surface area contributed by atoms with Crippen LogP contribution in [0.3, 0.4) is 0 Å². The Morgan fingerprint density at radius 1 is 0.593 bits per heavy atom. The molecule has 0 bridgehead atoms. The van der Waals surface area contributed by atoms with E-state index in [2.05, 4.69) is 109 Å². The predicted molar refractivity (Wildman–Crippen MR) is 115 cm³/mol. The highest BCUT2D eigenvalue weighted by atomic mass is 14.3. The molecule has 4 aromatic rings. The van der Waals surface area contributed by atoms with Crippen LogP contribution in [0.2, 0.25) is 0 Å². The molecular weight excluding hydrogens is 324 g/mol. The van der Waals surface area contributed by atoms with Gasteiger partial charge >= 0.3 is 0 Å². The Morgan fingerprint density at radius 2 is 1.26 bits per heavy atom. The monoisotopic (exact) mass is 346 g/mol. The number of rotatable bonds is 3. The Labute approximate surface area is 160 Å². The zero-order valence-electron chi connectivity index (χ0n) is 15.3. The van der Waals surface area contributed by atoms with Gasteiger partial charge in [-0.25, -0.2) is 0 Å². The van der Waals surface area contributed by atoms with E-state index in [-0.39, 0.29) is 0 Å². The number of hydrogen-bond acceptors (Lipinski definition) is 0. The second kappa shape index (κ2) is 6.89. The first-order chi connectivity index (χ1) is 13.4. The molecule has 0 fully saturated rings. The lowest BCUT2D eigenvalue weighted by atomic mass is 9.82. The van der Waals surface area contributed by atoms with Crippen LogP contribution >= 0.6 is 0 Å². The largest absolute Gasteiger partial charge is 0.0725 e. The van der Waals surface area contributed by atoms with Crippen LogP contribution in [0.4, 0.5) is 0 Å². The van der Waals surface area contributed by atoms with E-state index in [1.165, 1.54) is 33.0 Å². The summed E-state index contributed by atoms with van der Waals surface area (Å²) < 4.78 is 0. The molecule has 0 aromatic heterocycles. The Kier molecular flexibility index (Phi) is 4.10. The molecule has 1 aliphatic carbocycles. The van der Waals surface area contributed by atoms with Crippen LogP contribution < -0.4 is 0 Å². The van der Waals surface area contributed by atoms with Crippen LogP contribution in [0.5, 0.6) is 0 Å². The summed E-state index contributed by atoms with van der Waals surface area (Å²) in [6.45, 7) is 0. The summed E-state index contributed by atoms with van der Waals surface area (Å²) in [6, 6.07) is 37.3. The molecule has 0 saturated carbocycles. The van der Waals surface area contributed by atoms with Crippen molar-refractivity contribution in [3.63, 3.8) is 0 Å². The fraction of sp³-hybridized carbons (Fsp3) is 0.111. The normalized spacial score (nSPS) is 19.2. The molecule has 0 spiro atoms. The van der Waals surface area contributed by atoms with Gasteiger partial charge in [0, 0.05) is 5.92 Å².